The highest BCUT2D eigenvalue weighted by Gasteiger charge is 2.59. The Kier molecular flexibility index (Phi) is 7.96. The summed E-state index contributed by atoms with van der Waals surface area (Å²) >= 11 is -3.27. The summed E-state index contributed by atoms with van der Waals surface area (Å²) < 4.78 is 41.3. The molecule has 2 atom stereocenters. The van der Waals surface area contributed by atoms with Gasteiger partial charge in [0.15, 0.2) is 5.41 Å². The minimum Gasteiger partial charge on any atom is -0.464 e. The van der Waals surface area contributed by atoms with Crippen LogP contribution in [0.25, 0.3) is 0 Å². The summed E-state index contributed by atoms with van der Waals surface area (Å²) in [5.41, 5.74) is -1.30. The highest BCUT2D eigenvalue weighted by Crippen LogP contribution is 2.47. The van der Waals surface area contributed by atoms with Gasteiger partial charge >= 0.3 is 11.9 Å². The molecule has 1 rings (SSSR count). The number of ether oxygens (including phenoxy) is 2. The molecule has 1 saturated carbocycles. The second-order valence-corrected chi connectivity index (χ2v) is 6.81. The highest BCUT2D eigenvalue weighted by molar-refractivity contribution is 7.80. The largest absolute Gasteiger partial charge is 0.464 e. The van der Waals surface area contributed by atoms with Gasteiger partial charge in [0.25, 0.3) is 0 Å². The Morgan fingerprint density at radius 3 is 1.61 bits per heavy atom. The number of hydrogen-bond acceptors (Lipinski definition) is 8. The zero-order valence-corrected chi connectivity index (χ0v) is 14.0. The van der Waals surface area contributed by atoms with Crippen LogP contribution in [0.3, 0.4) is 0 Å². The van der Waals surface area contributed by atoms with Gasteiger partial charge in [-0.15, -0.1) is 0 Å². The normalized spacial score (nSPS) is 17.2. The first-order valence-electron chi connectivity index (χ1n) is 6.63. The van der Waals surface area contributed by atoms with Crippen molar-refractivity contribution in [1.82, 2.24) is 0 Å². The molecule has 0 aromatic heterocycles. The molecule has 0 amide bonds. The Morgan fingerprint density at radius 1 is 0.913 bits per heavy atom. The van der Waals surface area contributed by atoms with Gasteiger partial charge < -0.3 is 17.8 Å². The Bertz CT molecular complexity index is 470. The summed E-state index contributed by atoms with van der Waals surface area (Å²) in [5.74, 6) is -1.50. The van der Waals surface area contributed by atoms with Crippen LogP contribution in [0.4, 0.5) is 0 Å². The number of esters is 2. The van der Waals surface area contributed by atoms with Gasteiger partial charge in [-0.05, 0) is 12.8 Å². The van der Waals surface area contributed by atoms with Gasteiger partial charge in [0.1, 0.15) is 13.2 Å². The van der Waals surface area contributed by atoms with Gasteiger partial charge in [0, 0.05) is 0 Å². The lowest BCUT2D eigenvalue weighted by molar-refractivity contribution is -0.163. The van der Waals surface area contributed by atoms with Crippen molar-refractivity contribution in [3.8, 4) is 0 Å². The van der Waals surface area contributed by atoms with E-state index in [1.165, 1.54) is 0 Å². The fourth-order valence-corrected chi connectivity index (χ4v) is 2.48. The van der Waals surface area contributed by atoms with E-state index in [1.54, 1.807) is 0 Å². The molecule has 0 bridgehead atoms. The van der Waals surface area contributed by atoms with E-state index in [4.69, 9.17) is 9.47 Å². The number of rotatable bonds is 12. The molecule has 0 heterocycles. The number of carbonyl (C=O) groups excluding carboxylic acids is 2. The van der Waals surface area contributed by atoms with E-state index in [1.807, 2.05) is 0 Å². The lowest BCUT2D eigenvalue weighted by Gasteiger charge is -2.13. The molecule has 1 fully saturated rings. The zero-order valence-electron chi connectivity index (χ0n) is 12.4. The molecule has 23 heavy (non-hydrogen) atoms. The first-order valence-corrected chi connectivity index (χ1v) is 9.12. The summed E-state index contributed by atoms with van der Waals surface area (Å²) in [6.07, 6.45) is 2.70. The minimum atomic E-state index is -1.63. The second kappa shape index (κ2) is 9.46. The van der Waals surface area contributed by atoms with Crippen LogP contribution in [0.1, 0.15) is 12.8 Å². The zero-order chi connectivity index (χ0) is 17.3. The van der Waals surface area contributed by atoms with Crippen molar-refractivity contribution in [2.75, 3.05) is 24.7 Å². The monoisotopic (exact) mass is 366 g/mol. The van der Waals surface area contributed by atoms with E-state index in [2.05, 4.69) is 21.5 Å². The second-order valence-electron chi connectivity index (χ2n) is 4.40. The summed E-state index contributed by atoms with van der Waals surface area (Å²) in [6.45, 7) is 6.20. The Morgan fingerprint density at radius 2 is 1.30 bits per heavy atom. The van der Waals surface area contributed by atoms with Crippen LogP contribution < -0.4 is 0 Å². The molecule has 2 unspecified atom stereocenters. The maximum absolute atomic E-state index is 11.9. The lowest BCUT2D eigenvalue weighted by Crippen LogP contribution is -2.31. The molecule has 8 nitrogen and oxygen atoms in total. The highest BCUT2D eigenvalue weighted by atomic mass is 32.2. The van der Waals surface area contributed by atoms with Crippen LogP contribution in [0, 0.1) is 5.41 Å². The predicted octanol–water partition coefficient (Wildman–Crippen LogP) is 0.501. The molecule has 0 N–H and O–H groups in total. The van der Waals surface area contributed by atoms with Crippen molar-refractivity contribution in [3.63, 3.8) is 0 Å². The molecule has 130 valence electrons. The molecule has 10 heteroatoms. The van der Waals surface area contributed by atoms with Crippen molar-refractivity contribution >= 4 is 34.1 Å². The predicted molar refractivity (Wildman–Crippen MR) is 82.2 cm³/mol. The molecule has 0 radical (unpaired) electrons. The third-order valence-electron chi connectivity index (χ3n) is 2.85. The van der Waals surface area contributed by atoms with Crippen LogP contribution in [0.2, 0.25) is 0 Å². The van der Waals surface area contributed by atoms with E-state index >= 15 is 0 Å². The van der Waals surface area contributed by atoms with E-state index in [0.717, 1.165) is 12.5 Å². The quantitative estimate of drug-likeness (QED) is 0.279. The van der Waals surface area contributed by atoms with Crippen molar-refractivity contribution in [2.45, 2.75) is 12.8 Å². The van der Waals surface area contributed by atoms with Crippen molar-refractivity contribution < 1.29 is 35.8 Å². The third kappa shape index (κ3) is 6.14. The van der Waals surface area contributed by atoms with E-state index in [-0.39, 0.29) is 24.7 Å². The van der Waals surface area contributed by atoms with Gasteiger partial charge in [-0.1, -0.05) is 13.2 Å². The molecular weight excluding hydrogens is 348 g/mol. The molecule has 0 aliphatic heterocycles. The van der Waals surface area contributed by atoms with E-state index < -0.39 is 39.5 Å². The molecule has 1 aliphatic carbocycles. The van der Waals surface area contributed by atoms with E-state index in [9.17, 15) is 18.0 Å². The van der Waals surface area contributed by atoms with Crippen molar-refractivity contribution in [1.29, 1.82) is 0 Å². The van der Waals surface area contributed by atoms with Crippen LogP contribution in [-0.4, -0.2) is 45.1 Å². The van der Waals surface area contributed by atoms with Crippen LogP contribution >= 0.6 is 0 Å². The molecular formula is C13H18O8S2. The summed E-state index contributed by atoms with van der Waals surface area (Å²) in [6, 6.07) is 0. The van der Waals surface area contributed by atoms with Gasteiger partial charge in [-0.25, -0.2) is 8.42 Å². The first-order chi connectivity index (χ1) is 11.0. The Hall–Kier alpha value is -1.68. The van der Waals surface area contributed by atoms with Crippen molar-refractivity contribution in [3.05, 3.63) is 25.7 Å². The fraction of sp³-hybridized carbons (Fsp3) is 0.538. The third-order valence-corrected chi connectivity index (χ3v) is 4.55. The molecule has 1 aliphatic rings. The Labute approximate surface area is 139 Å². The maximum Gasteiger partial charge on any atom is 0.323 e. The molecule has 0 saturated heterocycles. The topological polar surface area (TPSA) is 105 Å². The maximum atomic E-state index is 11.9. The average molecular weight is 366 g/mol. The summed E-state index contributed by atoms with van der Waals surface area (Å²) in [4.78, 5) is 23.9. The lowest BCUT2D eigenvalue weighted by atomic mass is 10.1. The van der Waals surface area contributed by atoms with Crippen molar-refractivity contribution in [2.24, 2.45) is 5.41 Å². The molecule has 0 spiro atoms. The number of carbonyl (C=O) groups is 2. The minimum absolute atomic E-state index is 0.0270. The van der Waals surface area contributed by atoms with E-state index in [0.29, 0.717) is 12.8 Å². The van der Waals surface area contributed by atoms with Crippen LogP contribution in [0.5, 0.6) is 0 Å². The average Bonchev–Trinajstić information content (AvgIpc) is 3.29. The Balaban J connectivity index is 2.33. The molecule has 0 aromatic rings. The smallest absolute Gasteiger partial charge is 0.323 e. The first kappa shape index (κ1) is 19.4. The van der Waals surface area contributed by atoms with Gasteiger partial charge in [0.05, 0.1) is 24.0 Å². The SMILES string of the molecule is C=COS(=O)CCOC(=O)C1(C(=O)OCCS(=O)OC=C)CC1. The fourth-order valence-electron chi connectivity index (χ4n) is 1.55. The van der Waals surface area contributed by atoms with Gasteiger partial charge in [-0.3, -0.25) is 9.59 Å². The number of hydrogen-bond donors (Lipinski definition) is 0. The molecule has 0 aromatic carbocycles. The summed E-state index contributed by atoms with van der Waals surface area (Å²) in [5, 5.41) is 0. The standard InChI is InChI=1S/C13H18O8S2/c1-3-20-22(16)9-7-18-11(14)13(5-6-13)12(15)19-8-10-23(17)21-4-2/h3-4H,1-2,5-10H2. The van der Waals surface area contributed by atoms with Gasteiger partial charge in [0.2, 0.25) is 22.2 Å². The van der Waals surface area contributed by atoms with Gasteiger partial charge in [-0.2, -0.15) is 0 Å². The summed E-state index contributed by atoms with van der Waals surface area (Å²) in [7, 11) is 0. The van der Waals surface area contributed by atoms with Crippen LogP contribution in [0.15, 0.2) is 25.7 Å². The van der Waals surface area contributed by atoms with Crippen LogP contribution in [-0.2, 0) is 49.6 Å².